The average molecular weight is 259 g/mol. The van der Waals surface area contributed by atoms with Gasteiger partial charge in [0.25, 0.3) is 0 Å². The summed E-state index contributed by atoms with van der Waals surface area (Å²) in [6, 6.07) is 7.47. The molecule has 1 N–H and O–H groups in total. The Morgan fingerprint density at radius 3 is 2.95 bits per heavy atom. The first-order valence-electron chi connectivity index (χ1n) is 7.85. The third-order valence-corrected chi connectivity index (χ3v) is 4.43. The van der Waals surface area contributed by atoms with Gasteiger partial charge in [0.1, 0.15) is 0 Å². The number of ether oxygens (including phenoxy) is 1. The highest BCUT2D eigenvalue weighted by atomic mass is 16.5. The van der Waals surface area contributed by atoms with Gasteiger partial charge >= 0.3 is 0 Å². The van der Waals surface area contributed by atoms with Crippen LogP contribution in [0.5, 0.6) is 0 Å². The number of hydrogen-bond acceptors (Lipinski definition) is 2. The summed E-state index contributed by atoms with van der Waals surface area (Å²) in [7, 11) is 0. The molecule has 19 heavy (non-hydrogen) atoms. The fourth-order valence-electron chi connectivity index (χ4n) is 3.41. The Balaban J connectivity index is 1.81. The van der Waals surface area contributed by atoms with Gasteiger partial charge in [-0.3, -0.25) is 0 Å². The van der Waals surface area contributed by atoms with Crippen LogP contribution in [0, 0.1) is 0 Å². The lowest BCUT2D eigenvalue weighted by atomic mass is 9.96. The Labute approximate surface area is 116 Å². The highest BCUT2D eigenvalue weighted by Gasteiger charge is 2.27. The molecule has 2 atom stereocenters. The molecule has 1 aromatic rings. The Morgan fingerprint density at radius 1 is 1.26 bits per heavy atom. The fraction of sp³-hybridized carbons (Fsp3) is 0.647. The maximum absolute atomic E-state index is 5.92. The van der Waals surface area contributed by atoms with E-state index in [0.29, 0.717) is 12.1 Å². The van der Waals surface area contributed by atoms with Crippen molar-refractivity contribution < 1.29 is 4.74 Å². The Kier molecular flexibility index (Phi) is 4.19. The molecule has 104 valence electrons. The van der Waals surface area contributed by atoms with E-state index >= 15 is 0 Å². The quantitative estimate of drug-likeness (QED) is 0.875. The van der Waals surface area contributed by atoms with Crippen molar-refractivity contribution in [2.45, 2.75) is 57.6 Å². The molecule has 3 rings (SSSR count). The molecular weight excluding hydrogens is 234 g/mol. The van der Waals surface area contributed by atoms with Gasteiger partial charge in [0, 0.05) is 6.61 Å². The minimum Gasteiger partial charge on any atom is -0.376 e. The predicted octanol–water partition coefficient (Wildman–Crippen LogP) is 3.40. The molecule has 0 aromatic heterocycles. The van der Waals surface area contributed by atoms with E-state index in [4.69, 9.17) is 4.74 Å². The van der Waals surface area contributed by atoms with Gasteiger partial charge in [-0.15, -0.1) is 0 Å². The maximum Gasteiger partial charge on any atom is 0.0770 e. The molecule has 0 bridgehead atoms. The summed E-state index contributed by atoms with van der Waals surface area (Å²) in [5, 5.41) is 3.69. The van der Waals surface area contributed by atoms with Crippen LogP contribution in [-0.4, -0.2) is 19.3 Å². The van der Waals surface area contributed by atoms with Gasteiger partial charge in [-0.05, 0) is 61.8 Å². The molecule has 1 aliphatic carbocycles. The zero-order valence-electron chi connectivity index (χ0n) is 12.0. The van der Waals surface area contributed by atoms with Crippen molar-refractivity contribution in [1.82, 2.24) is 5.32 Å². The molecule has 1 aliphatic heterocycles. The van der Waals surface area contributed by atoms with Gasteiger partial charge in [0.2, 0.25) is 0 Å². The molecule has 0 saturated carbocycles. The number of nitrogens with one attached hydrogen (secondary N) is 1. The van der Waals surface area contributed by atoms with E-state index in [2.05, 4.69) is 30.4 Å². The first-order chi connectivity index (χ1) is 9.38. The number of rotatable bonds is 5. The summed E-state index contributed by atoms with van der Waals surface area (Å²) in [6.45, 7) is 4.23. The molecule has 2 aliphatic rings. The third kappa shape index (κ3) is 2.85. The molecule has 1 heterocycles. The van der Waals surface area contributed by atoms with Crippen LogP contribution in [0.1, 0.15) is 55.3 Å². The van der Waals surface area contributed by atoms with Crippen LogP contribution in [0.2, 0.25) is 0 Å². The van der Waals surface area contributed by atoms with Crippen molar-refractivity contribution in [2.75, 3.05) is 13.2 Å². The standard InChI is InChI=1S/C17H25NO/c1-2-10-18-17(16-7-4-11-19-16)15-9-8-13-5-3-6-14(13)12-15/h8-9,12,16-18H,2-7,10-11H2,1H3. The van der Waals surface area contributed by atoms with Crippen molar-refractivity contribution in [3.8, 4) is 0 Å². The number of fused-ring (bicyclic) bond motifs is 1. The molecule has 1 fully saturated rings. The summed E-state index contributed by atoms with van der Waals surface area (Å²) < 4.78 is 5.92. The minimum absolute atomic E-state index is 0.367. The van der Waals surface area contributed by atoms with E-state index in [1.165, 1.54) is 44.1 Å². The topological polar surface area (TPSA) is 21.3 Å². The maximum atomic E-state index is 5.92. The monoisotopic (exact) mass is 259 g/mol. The highest BCUT2D eigenvalue weighted by Crippen LogP contribution is 2.30. The van der Waals surface area contributed by atoms with Crippen molar-refractivity contribution in [3.05, 3.63) is 34.9 Å². The molecule has 2 nitrogen and oxygen atoms in total. The van der Waals surface area contributed by atoms with E-state index < -0.39 is 0 Å². The second-order valence-corrected chi connectivity index (χ2v) is 5.86. The zero-order valence-corrected chi connectivity index (χ0v) is 12.0. The Bertz CT molecular complexity index is 423. The number of aryl methyl sites for hydroxylation is 2. The van der Waals surface area contributed by atoms with Gasteiger partial charge in [0.05, 0.1) is 12.1 Å². The zero-order chi connectivity index (χ0) is 13.1. The van der Waals surface area contributed by atoms with Crippen LogP contribution >= 0.6 is 0 Å². The second-order valence-electron chi connectivity index (χ2n) is 5.86. The van der Waals surface area contributed by atoms with E-state index in [1.807, 2.05) is 0 Å². The van der Waals surface area contributed by atoms with Gasteiger partial charge < -0.3 is 10.1 Å². The van der Waals surface area contributed by atoms with Gasteiger partial charge in [-0.1, -0.05) is 25.1 Å². The first-order valence-corrected chi connectivity index (χ1v) is 7.85. The summed E-state index contributed by atoms with van der Waals surface area (Å²) in [6.07, 6.45) is 7.79. The molecule has 2 unspecified atom stereocenters. The van der Waals surface area contributed by atoms with E-state index in [9.17, 15) is 0 Å². The third-order valence-electron chi connectivity index (χ3n) is 4.43. The minimum atomic E-state index is 0.367. The molecule has 1 saturated heterocycles. The Hall–Kier alpha value is -0.860. The Morgan fingerprint density at radius 2 is 2.16 bits per heavy atom. The molecule has 0 amide bonds. The van der Waals surface area contributed by atoms with E-state index in [-0.39, 0.29) is 0 Å². The largest absolute Gasteiger partial charge is 0.376 e. The molecular formula is C17H25NO. The van der Waals surface area contributed by atoms with Gasteiger partial charge in [0.15, 0.2) is 0 Å². The molecule has 0 spiro atoms. The average Bonchev–Trinajstić information content (AvgIpc) is 3.09. The summed E-state index contributed by atoms with van der Waals surface area (Å²) in [4.78, 5) is 0. The van der Waals surface area contributed by atoms with Crippen LogP contribution in [-0.2, 0) is 17.6 Å². The smallest absolute Gasteiger partial charge is 0.0770 e. The van der Waals surface area contributed by atoms with E-state index in [0.717, 1.165) is 13.2 Å². The summed E-state index contributed by atoms with van der Waals surface area (Å²) in [5.74, 6) is 0. The van der Waals surface area contributed by atoms with Crippen LogP contribution in [0.3, 0.4) is 0 Å². The first kappa shape index (κ1) is 13.1. The van der Waals surface area contributed by atoms with Crippen molar-refractivity contribution in [2.24, 2.45) is 0 Å². The number of benzene rings is 1. The SMILES string of the molecule is CCCNC(c1ccc2c(c1)CCC2)C1CCCO1. The van der Waals surface area contributed by atoms with Crippen LogP contribution in [0.25, 0.3) is 0 Å². The molecule has 0 radical (unpaired) electrons. The highest BCUT2D eigenvalue weighted by molar-refractivity contribution is 5.37. The van der Waals surface area contributed by atoms with Crippen molar-refractivity contribution in [3.63, 3.8) is 0 Å². The normalized spacial score (nSPS) is 23.5. The summed E-state index contributed by atoms with van der Waals surface area (Å²) >= 11 is 0. The van der Waals surface area contributed by atoms with Gasteiger partial charge in [-0.2, -0.15) is 0 Å². The van der Waals surface area contributed by atoms with Crippen molar-refractivity contribution >= 4 is 0 Å². The molecule has 2 heteroatoms. The van der Waals surface area contributed by atoms with Crippen molar-refractivity contribution in [1.29, 1.82) is 0 Å². The predicted molar refractivity (Wildman–Crippen MR) is 78.5 cm³/mol. The lowest BCUT2D eigenvalue weighted by Gasteiger charge is -2.25. The molecule has 1 aromatic carbocycles. The summed E-state index contributed by atoms with van der Waals surface area (Å²) in [5.41, 5.74) is 4.56. The van der Waals surface area contributed by atoms with Crippen LogP contribution < -0.4 is 5.32 Å². The lowest BCUT2D eigenvalue weighted by Crippen LogP contribution is -2.32. The lowest BCUT2D eigenvalue weighted by molar-refractivity contribution is 0.0783. The van der Waals surface area contributed by atoms with Crippen LogP contribution in [0.15, 0.2) is 18.2 Å². The number of hydrogen-bond donors (Lipinski definition) is 1. The van der Waals surface area contributed by atoms with Crippen LogP contribution in [0.4, 0.5) is 0 Å². The fourth-order valence-corrected chi connectivity index (χ4v) is 3.41. The second kappa shape index (κ2) is 6.06. The van der Waals surface area contributed by atoms with E-state index in [1.54, 1.807) is 11.1 Å². The van der Waals surface area contributed by atoms with Gasteiger partial charge in [-0.25, -0.2) is 0 Å².